The molecule has 1 amide bonds. The fourth-order valence-electron chi connectivity index (χ4n) is 1.39. The molecular weight excluding hydrogens is 220 g/mol. The minimum atomic E-state index is -0.109. The van der Waals surface area contributed by atoms with Crippen molar-refractivity contribution < 1.29 is 4.79 Å². The molecule has 0 radical (unpaired) electrons. The van der Waals surface area contributed by atoms with Crippen LogP contribution in [-0.4, -0.2) is 10.9 Å². The smallest absolute Gasteiger partial charge is 0.271 e. The van der Waals surface area contributed by atoms with Crippen molar-refractivity contribution >= 4 is 17.2 Å². The SMILES string of the molecule is Cc1scnc1C(=O)NCc1ccccc1. The van der Waals surface area contributed by atoms with Gasteiger partial charge in [-0.15, -0.1) is 11.3 Å². The predicted octanol–water partition coefficient (Wildman–Crippen LogP) is 2.38. The van der Waals surface area contributed by atoms with Crippen molar-refractivity contribution in [3.8, 4) is 0 Å². The number of hydrogen-bond acceptors (Lipinski definition) is 3. The second-order valence-electron chi connectivity index (χ2n) is 3.43. The van der Waals surface area contributed by atoms with Crippen molar-refractivity contribution in [2.24, 2.45) is 0 Å². The summed E-state index contributed by atoms with van der Waals surface area (Å²) in [5, 5.41) is 2.85. The molecule has 0 spiro atoms. The molecule has 1 N–H and O–H groups in total. The number of carbonyl (C=O) groups is 1. The molecule has 0 bridgehead atoms. The zero-order chi connectivity index (χ0) is 11.4. The van der Waals surface area contributed by atoms with Gasteiger partial charge in [-0.05, 0) is 12.5 Å². The molecule has 3 nitrogen and oxygen atoms in total. The highest BCUT2D eigenvalue weighted by molar-refractivity contribution is 7.09. The van der Waals surface area contributed by atoms with Crippen molar-refractivity contribution in [3.63, 3.8) is 0 Å². The topological polar surface area (TPSA) is 42.0 Å². The fraction of sp³-hybridized carbons (Fsp3) is 0.167. The minimum absolute atomic E-state index is 0.109. The van der Waals surface area contributed by atoms with E-state index in [2.05, 4.69) is 10.3 Å². The lowest BCUT2D eigenvalue weighted by Gasteiger charge is -2.03. The lowest BCUT2D eigenvalue weighted by molar-refractivity contribution is 0.0946. The molecule has 0 atom stereocenters. The third-order valence-electron chi connectivity index (χ3n) is 2.26. The summed E-state index contributed by atoms with van der Waals surface area (Å²) in [6, 6.07) is 9.82. The summed E-state index contributed by atoms with van der Waals surface area (Å²) < 4.78 is 0. The normalized spacial score (nSPS) is 10.1. The van der Waals surface area contributed by atoms with Crippen LogP contribution < -0.4 is 5.32 Å². The van der Waals surface area contributed by atoms with E-state index in [0.717, 1.165) is 10.4 Å². The maximum atomic E-state index is 11.7. The summed E-state index contributed by atoms with van der Waals surface area (Å²) >= 11 is 1.48. The van der Waals surface area contributed by atoms with Crippen LogP contribution in [0, 0.1) is 6.92 Å². The van der Waals surface area contributed by atoms with Gasteiger partial charge < -0.3 is 5.32 Å². The molecule has 2 aromatic rings. The van der Waals surface area contributed by atoms with Gasteiger partial charge in [0.15, 0.2) is 0 Å². The Kier molecular flexibility index (Phi) is 3.31. The summed E-state index contributed by atoms with van der Waals surface area (Å²) in [5.41, 5.74) is 3.30. The summed E-state index contributed by atoms with van der Waals surface area (Å²) in [6.45, 7) is 2.44. The third-order valence-corrected chi connectivity index (χ3v) is 3.01. The van der Waals surface area contributed by atoms with E-state index in [1.807, 2.05) is 37.3 Å². The van der Waals surface area contributed by atoms with E-state index in [4.69, 9.17) is 0 Å². The first-order chi connectivity index (χ1) is 7.77. The summed E-state index contributed by atoms with van der Waals surface area (Å²) in [5.74, 6) is -0.109. The summed E-state index contributed by atoms with van der Waals surface area (Å²) in [6.07, 6.45) is 0. The third kappa shape index (κ3) is 2.46. The van der Waals surface area contributed by atoms with Crippen molar-refractivity contribution in [1.29, 1.82) is 0 Å². The highest BCUT2D eigenvalue weighted by atomic mass is 32.1. The van der Waals surface area contributed by atoms with Gasteiger partial charge in [-0.3, -0.25) is 4.79 Å². The molecule has 0 aliphatic rings. The van der Waals surface area contributed by atoms with Gasteiger partial charge in [0.1, 0.15) is 5.69 Å². The lowest BCUT2D eigenvalue weighted by atomic mass is 10.2. The Bertz CT molecular complexity index is 479. The van der Waals surface area contributed by atoms with Gasteiger partial charge in [0.25, 0.3) is 5.91 Å². The van der Waals surface area contributed by atoms with Crippen molar-refractivity contribution in [1.82, 2.24) is 10.3 Å². The van der Waals surface area contributed by atoms with E-state index in [9.17, 15) is 4.79 Å². The quantitative estimate of drug-likeness (QED) is 0.882. The van der Waals surface area contributed by atoms with Gasteiger partial charge in [-0.1, -0.05) is 30.3 Å². The van der Waals surface area contributed by atoms with E-state index in [1.54, 1.807) is 5.51 Å². The molecule has 2 rings (SSSR count). The van der Waals surface area contributed by atoms with Crippen LogP contribution in [-0.2, 0) is 6.54 Å². The van der Waals surface area contributed by atoms with E-state index < -0.39 is 0 Å². The first kappa shape index (κ1) is 10.8. The molecule has 0 saturated heterocycles. The first-order valence-corrected chi connectivity index (χ1v) is 5.87. The molecule has 1 aromatic carbocycles. The van der Waals surface area contributed by atoms with Crippen molar-refractivity contribution in [2.75, 3.05) is 0 Å². The zero-order valence-corrected chi connectivity index (χ0v) is 9.75. The number of nitrogens with zero attached hydrogens (tertiary/aromatic N) is 1. The Morgan fingerprint density at radius 2 is 2.12 bits per heavy atom. The Morgan fingerprint density at radius 1 is 1.38 bits per heavy atom. The molecule has 82 valence electrons. The molecule has 0 fully saturated rings. The standard InChI is InChI=1S/C12H12N2OS/c1-9-11(14-8-16-9)12(15)13-7-10-5-3-2-4-6-10/h2-6,8H,7H2,1H3,(H,13,15). The van der Waals surface area contributed by atoms with Crippen LogP contribution in [0.4, 0.5) is 0 Å². The van der Waals surface area contributed by atoms with Crippen molar-refractivity contribution in [2.45, 2.75) is 13.5 Å². The van der Waals surface area contributed by atoms with Gasteiger partial charge in [-0.25, -0.2) is 4.98 Å². The molecule has 0 aliphatic heterocycles. The Labute approximate surface area is 98.2 Å². The van der Waals surface area contributed by atoms with Gasteiger partial charge in [0.2, 0.25) is 0 Å². The maximum Gasteiger partial charge on any atom is 0.271 e. The molecule has 1 heterocycles. The van der Waals surface area contributed by atoms with Gasteiger partial charge in [-0.2, -0.15) is 0 Å². The molecule has 1 aromatic heterocycles. The number of aromatic nitrogens is 1. The van der Waals surface area contributed by atoms with E-state index in [0.29, 0.717) is 12.2 Å². The van der Waals surface area contributed by atoms with E-state index in [1.165, 1.54) is 11.3 Å². The number of amides is 1. The van der Waals surface area contributed by atoms with Gasteiger partial charge >= 0.3 is 0 Å². The zero-order valence-electron chi connectivity index (χ0n) is 8.93. The average molecular weight is 232 g/mol. The molecule has 16 heavy (non-hydrogen) atoms. The van der Waals surface area contributed by atoms with Gasteiger partial charge in [0.05, 0.1) is 5.51 Å². The summed E-state index contributed by atoms with van der Waals surface area (Å²) in [7, 11) is 0. The van der Waals surface area contributed by atoms with Crippen LogP contribution in [0.25, 0.3) is 0 Å². The van der Waals surface area contributed by atoms with Crippen molar-refractivity contribution in [3.05, 3.63) is 52.0 Å². The van der Waals surface area contributed by atoms with E-state index in [-0.39, 0.29) is 5.91 Å². The summed E-state index contributed by atoms with van der Waals surface area (Å²) in [4.78, 5) is 16.7. The number of thiazole rings is 1. The molecule has 4 heteroatoms. The monoisotopic (exact) mass is 232 g/mol. The van der Waals surface area contributed by atoms with Gasteiger partial charge in [0, 0.05) is 11.4 Å². The number of carbonyl (C=O) groups excluding carboxylic acids is 1. The minimum Gasteiger partial charge on any atom is -0.347 e. The van der Waals surface area contributed by atoms with Crippen LogP contribution in [0.3, 0.4) is 0 Å². The highest BCUT2D eigenvalue weighted by Gasteiger charge is 2.10. The van der Waals surface area contributed by atoms with Crippen LogP contribution in [0.15, 0.2) is 35.8 Å². The van der Waals surface area contributed by atoms with E-state index >= 15 is 0 Å². The number of nitrogens with one attached hydrogen (secondary N) is 1. The second kappa shape index (κ2) is 4.90. The molecule has 0 aliphatic carbocycles. The Hall–Kier alpha value is -1.68. The average Bonchev–Trinajstić information content (AvgIpc) is 2.74. The molecule has 0 unspecified atom stereocenters. The predicted molar refractivity (Wildman–Crippen MR) is 64.5 cm³/mol. The Balaban J connectivity index is 1.97. The largest absolute Gasteiger partial charge is 0.347 e. The number of benzene rings is 1. The number of aryl methyl sites for hydroxylation is 1. The number of rotatable bonds is 3. The van der Waals surface area contributed by atoms with Crippen LogP contribution in [0.5, 0.6) is 0 Å². The fourth-order valence-corrected chi connectivity index (χ4v) is 1.96. The first-order valence-electron chi connectivity index (χ1n) is 4.99. The maximum absolute atomic E-state index is 11.7. The highest BCUT2D eigenvalue weighted by Crippen LogP contribution is 2.10. The second-order valence-corrected chi connectivity index (χ2v) is 4.48. The molecule has 0 saturated carbocycles. The van der Waals surface area contributed by atoms with Crippen LogP contribution >= 0.6 is 11.3 Å². The van der Waals surface area contributed by atoms with Crippen LogP contribution in [0.1, 0.15) is 20.9 Å². The lowest BCUT2D eigenvalue weighted by Crippen LogP contribution is -2.23. The molecular formula is C12H12N2OS. The Morgan fingerprint density at radius 3 is 2.75 bits per heavy atom. The van der Waals surface area contributed by atoms with Crippen LogP contribution in [0.2, 0.25) is 0 Å². The number of hydrogen-bond donors (Lipinski definition) is 1.